The van der Waals surface area contributed by atoms with Gasteiger partial charge in [-0.3, -0.25) is 0 Å². The molecule has 0 spiro atoms. The quantitative estimate of drug-likeness (QED) is 0.455. The van der Waals surface area contributed by atoms with Gasteiger partial charge in [0.2, 0.25) is 0 Å². The van der Waals surface area contributed by atoms with Crippen molar-refractivity contribution in [3.8, 4) is 5.75 Å². The van der Waals surface area contributed by atoms with Gasteiger partial charge in [-0.05, 0) is 0 Å². The SMILES string of the molecule is CC(C)(C)c1cc2c(cn1)OCC[I-]2. The Morgan fingerprint density at radius 2 is 2.21 bits per heavy atom. The molecular formula is C11H15INO-. The van der Waals surface area contributed by atoms with Crippen LogP contribution >= 0.6 is 0 Å². The number of halogens is 1. The fraction of sp³-hybridized carbons (Fsp3) is 0.545. The van der Waals surface area contributed by atoms with Crippen LogP contribution in [0.15, 0.2) is 12.3 Å². The van der Waals surface area contributed by atoms with Gasteiger partial charge in [-0.1, -0.05) is 0 Å². The fourth-order valence-electron chi connectivity index (χ4n) is 1.33. The number of rotatable bonds is 0. The Labute approximate surface area is 95.3 Å². The monoisotopic (exact) mass is 304 g/mol. The summed E-state index contributed by atoms with van der Waals surface area (Å²) in [7, 11) is 0. The maximum absolute atomic E-state index is 5.56. The van der Waals surface area contributed by atoms with E-state index in [1.165, 1.54) is 13.7 Å². The zero-order chi connectivity index (χ0) is 10.2. The minimum atomic E-state index is 0.149. The molecule has 0 fully saturated rings. The average molecular weight is 304 g/mol. The number of hydrogen-bond acceptors (Lipinski definition) is 2. The van der Waals surface area contributed by atoms with Crippen LogP contribution in [0, 0.1) is 3.57 Å². The van der Waals surface area contributed by atoms with E-state index >= 15 is 0 Å². The van der Waals surface area contributed by atoms with Crippen molar-refractivity contribution in [3.05, 3.63) is 21.5 Å². The molecule has 0 bridgehead atoms. The molecule has 0 N–H and O–H groups in total. The molecule has 14 heavy (non-hydrogen) atoms. The van der Waals surface area contributed by atoms with E-state index in [2.05, 4.69) is 31.8 Å². The van der Waals surface area contributed by atoms with Gasteiger partial charge in [-0.25, -0.2) is 0 Å². The first kappa shape index (κ1) is 10.2. The number of hydrogen-bond donors (Lipinski definition) is 0. The summed E-state index contributed by atoms with van der Waals surface area (Å²) in [5, 5.41) is 0. The van der Waals surface area contributed by atoms with Crippen LogP contribution in [0.1, 0.15) is 26.5 Å². The predicted octanol–water partition coefficient (Wildman–Crippen LogP) is -0.970. The molecular weight excluding hydrogens is 289 g/mol. The minimum absolute atomic E-state index is 0.149. The molecule has 1 aliphatic heterocycles. The summed E-state index contributed by atoms with van der Waals surface area (Å²) in [6, 6.07) is 2.24. The predicted molar refractivity (Wildman–Crippen MR) is 52.0 cm³/mol. The molecule has 2 rings (SSSR count). The summed E-state index contributed by atoms with van der Waals surface area (Å²) >= 11 is 0.165. The number of aromatic nitrogens is 1. The van der Waals surface area contributed by atoms with Crippen LogP contribution in [0.4, 0.5) is 0 Å². The molecule has 0 saturated carbocycles. The molecule has 78 valence electrons. The standard InChI is InChI=1S/C11H15INO/c1-11(2,3)10-6-8-9(7-13-10)14-5-4-12-8/h6-7H,4-5H2,1-3H3/q-1. The molecule has 0 saturated heterocycles. The van der Waals surface area contributed by atoms with Gasteiger partial charge < -0.3 is 0 Å². The molecule has 0 atom stereocenters. The van der Waals surface area contributed by atoms with E-state index in [0.717, 1.165) is 12.4 Å². The fourth-order valence-corrected chi connectivity index (χ4v) is 3.54. The van der Waals surface area contributed by atoms with Crippen LogP contribution in [0.2, 0.25) is 0 Å². The van der Waals surface area contributed by atoms with Crippen LogP contribution in [0.25, 0.3) is 0 Å². The van der Waals surface area contributed by atoms with E-state index in [1.54, 1.807) is 0 Å². The Morgan fingerprint density at radius 1 is 1.43 bits per heavy atom. The molecule has 1 aromatic heterocycles. The van der Waals surface area contributed by atoms with Gasteiger partial charge in [0.15, 0.2) is 0 Å². The van der Waals surface area contributed by atoms with Crippen LogP contribution in [0.3, 0.4) is 0 Å². The van der Waals surface area contributed by atoms with Gasteiger partial charge in [-0.2, -0.15) is 0 Å². The molecule has 2 heterocycles. The van der Waals surface area contributed by atoms with Crippen LogP contribution in [0.5, 0.6) is 5.75 Å². The second kappa shape index (κ2) is 3.68. The van der Waals surface area contributed by atoms with Crippen molar-refractivity contribution < 1.29 is 25.9 Å². The zero-order valence-electron chi connectivity index (χ0n) is 8.80. The Morgan fingerprint density at radius 3 is 2.93 bits per heavy atom. The summed E-state index contributed by atoms with van der Waals surface area (Å²) in [5.41, 5.74) is 1.33. The van der Waals surface area contributed by atoms with Gasteiger partial charge in [0.1, 0.15) is 0 Å². The third kappa shape index (κ3) is 2.02. The van der Waals surface area contributed by atoms with Gasteiger partial charge in [-0.15, -0.1) is 0 Å². The van der Waals surface area contributed by atoms with E-state index in [0.29, 0.717) is 0 Å². The van der Waals surface area contributed by atoms with E-state index in [9.17, 15) is 0 Å². The number of fused-ring (bicyclic) bond motifs is 1. The molecule has 1 aliphatic rings. The van der Waals surface area contributed by atoms with Gasteiger partial charge >= 0.3 is 95.4 Å². The third-order valence-electron chi connectivity index (χ3n) is 2.16. The summed E-state index contributed by atoms with van der Waals surface area (Å²) in [6.07, 6.45) is 1.90. The normalized spacial score (nSPS) is 16.5. The second-order valence-corrected chi connectivity index (χ2v) is 7.42. The Hall–Kier alpha value is -0.320. The Kier molecular flexibility index (Phi) is 2.68. The number of pyridine rings is 1. The van der Waals surface area contributed by atoms with Crippen molar-refractivity contribution in [2.24, 2.45) is 0 Å². The summed E-state index contributed by atoms with van der Waals surface area (Å²) < 4.78 is 8.22. The first-order valence-corrected chi connectivity index (χ1v) is 7.40. The number of alkyl halides is 1. The van der Waals surface area contributed by atoms with E-state index < -0.39 is 0 Å². The first-order valence-electron chi connectivity index (χ1n) is 4.80. The Bertz CT molecular complexity index is 344. The summed E-state index contributed by atoms with van der Waals surface area (Å²) in [4.78, 5) is 4.46. The van der Waals surface area contributed by atoms with Gasteiger partial charge in [0.25, 0.3) is 0 Å². The topological polar surface area (TPSA) is 22.1 Å². The molecule has 0 aromatic carbocycles. The molecule has 0 amide bonds. The molecule has 0 aliphatic carbocycles. The second-order valence-electron chi connectivity index (χ2n) is 4.42. The van der Waals surface area contributed by atoms with Crippen LogP contribution in [-0.4, -0.2) is 16.0 Å². The van der Waals surface area contributed by atoms with Crippen LogP contribution in [-0.2, 0) is 5.41 Å². The van der Waals surface area contributed by atoms with Crippen LogP contribution < -0.4 is 25.9 Å². The molecule has 0 unspecified atom stereocenters. The average Bonchev–Trinajstić information content (AvgIpc) is 2.16. The molecule has 1 aromatic rings. The Balaban J connectivity index is 2.39. The van der Waals surface area contributed by atoms with E-state index in [-0.39, 0.29) is 26.6 Å². The molecule has 2 nitrogen and oxygen atoms in total. The first-order chi connectivity index (χ1) is 6.57. The van der Waals surface area contributed by atoms with Crippen molar-refractivity contribution >= 4 is 0 Å². The number of nitrogens with zero attached hydrogens (tertiary/aromatic N) is 1. The van der Waals surface area contributed by atoms with Crippen molar-refractivity contribution in [2.45, 2.75) is 26.2 Å². The van der Waals surface area contributed by atoms with E-state index in [4.69, 9.17) is 4.74 Å². The van der Waals surface area contributed by atoms with Crippen molar-refractivity contribution in [1.29, 1.82) is 0 Å². The van der Waals surface area contributed by atoms with Crippen molar-refractivity contribution in [1.82, 2.24) is 4.98 Å². The maximum atomic E-state index is 5.56. The van der Waals surface area contributed by atoms with Crippen molar-refractivity contribution in [3.63, 3.8) is 0 Å². The number of ether oxygens (including phenoxy) is 1. The van der Waals surface area contributed by atoms with Crippen molar-refractivity contribution in [2.75, 3.05) is 11.0 Å². The molecule has 0 radical (unpaired) electrons. The van der Waals surface area contributed by atoms with Gasteiger partial charge in [0.05, 0.1) is 0 Å². The molecule has 3 heteroatoms. The summed E-state index contributed by atoms with van der Waals surface area (Å²) in [5.74, 6) is 1.03. The zero-order valence-corrected chi connectivity index (χ0v) is 11.0. The third-order valence-corrected chi connectivity index (χ3v) is 4.81. The summed E-state index contributed by atoms with van der Waals surface area (Å²) in [6.45, 7) is 7.48. The van der Waals surface area contributed by atoms with Gasteiger partial charge in [0, 0.05) is 0 Å². The van der Waals surface area contributed by atoms with E-state index in [1.807, 2.05) is 6.20 Å².